The fourth-order valence-electron chi connectivity index (χ4n) is 2.90. The maximum atomic E-state index is 12.4. The van der Waals surface area contributed by atoms with Crippen molar-refractivity contribution in [3.8, 4) is 0 Å². The van der Waals surface area contributed by atoms with Crippen LogP contribution in [0.15, 0.2) is 34.7 Å². The molecule has 5 heteroatoms. The lowest BCUT2D eigenvalue weighted by molar-refractivity contribution is -0.131. The van der Waals surface area contributed by atoms with Crippen molar-refractivity contribution in [3.63, 3.8) is 0 Å². The van der Waals surface area contributed by atoms with Gasteiger partial charge >= 0.3 is 0 Å². The summed E-state index contributed by atoms with van der Waals surface area (Å²) in [4.78, 5) is 14.3. The molecule has 1 aliphatic rings. The Morgan fingerprint density at radius 3 is 2.52 bits per heavy atom. The van der Waals surface area contributed by atoms with Gasteiger partial charge in [-0.25, -0.2) is 0 Å². The maximum absolute atomic E-state index is 12.4. The number of aromatic nitrogens is 2. The topological polar surface area (TPSA) is 59.2 Å². The molecular formula is C18H23N3O2. The van der Waals surface area contributed by atoms with Crippen LogP contribution in [0.5, 0.6) is 0 Å². The molecule has 23 heavy (non-hydrogen) atoms. The Labute approximate surface area is 136 Å². The predicted octanol–water partition coefficient (Wildman–Crippen LogP) is 3.14. The van der Waals surface area contributed by atoms with Gasteiger partial charge in [-0.15, -0.1) is 10.2 Å². The van der Waals surface area contributed by atoms with E-state index in [1.807, 2.05) is 49.1 Å². The number of hydrogen-bond acceptors (Lipinski definition) is 4. The van der Waals surface area contributed by atoms with Crippen LogP contribution in [-0.2, 0) is 11.2 Å². The van der Waals surface area contributed by atoms with Gasteiger partial charge in [-0.2, -0.15) is 0 Å². The highest BCUT2D eigenvalue weighted by molar-refractivity contribution is 5.78. The summed E-state index contributed by atoms with van der Waals surface area (Å²) in [6, 6.07) is 9.90. The van der Waals surface area contributed by atoms with Crippen LogP contribution >= 0.6 is 0 Å². The van der Waals surface area contributed by atoms with Gasteiger partial charge in [0, 0.05) is 24.9 Å². The number of piperidine rings is 1. The molecular weight excluding hydrogens is 290 g/mol. The number of carbonyl (C=O) groups is 1. The smallest absolute Gasteiger partial charge is 0.226 e. The minimum atomic E-state index is 0.197. The molecule has 2 heterocycles. The Hall–Kier alpha value is -2.17. The Balaban J connectivity index is 1.54. The summed E-state index contributed by atoms with van der Waals surface area (Å²) in [5, 5.41) is 8.28. The fourth-order valence-corrected chi connectivity index (χ4v) is 2.90. The van der Waals surface area contributed by atoms with Crippen LogP contribution in [0.25, 0.3) is 0 Å². The van der Waals surface area contributed by atoms with Crippen LogP contribution in [-0.4, -0.2) is 34.1 Å². The second-order valence-corrected chi connectivity index (χ2v) is 6.45. The molecule has 2 aromatic rings. The van der Waals surface area contributed by atoms with E-state index in [0.717, 1.165) is 37.4 Å². The van der Waals surface area contributed by atoms with E-state index in [-0.39, 0.29) is 17.7 Å². The number of amides is 1. The van der Waals surface area contributed by atoms with Gasteiger partial charge in [0.05, 0.1) is 6.42 Å². The van der Waals surface area contributed by atoms with Gasteiger partial charge in [-0.3, -0.25) is 4.79 Å². The summed E-state index contributed by atoms with van der Waals surface area (Å²) >= 11 is 0. The third-order valence-electron chi connectivity index (χ3n) is 4.35. The molecule has 1 saturated heterocycles. The Morgan fingerprint density at radius 1 is 1.22 bits per heavy atom. The van der Waals surface area contributed by atoms with Gasteiger partial charge in [-0.1, -0.05) is 44.2 Å². The molecule has 1 aromatic heterocycles. The zero-order chi connectivity index (χ0) is 16.2. The van der Waals surface area contributed by atoms with Crippen molar-refractivity contribution in [1.29, 1.82) is 0 Å². The molecule has 122 valence electrons. The quantitative estimate of drug-likeness (QED) is 0.870. The monoisotopic (exact) mass is 313 g/mol. The third kappa shape index (κ3) is 3.78. The number of likely N-dealkylation sites (tertiary alicyclic amines) is 1. The molecule has 0 N–H and O–H groups in total. The van der Waals surface area contributed by atoms with Crippen LogP contribution < -0.4 is 0 Å². The van der Waals surface area contributed by atoms with Gasteiger partial charge < -0.3 is 9.32 Å². The highest BCUT2D eigenvalue weighted by atomic mass is 16.4. The Morgan fingerprint density at radius 2 is 1.91 bits per heavy atom. The average Bonchev–Trinajstić information content (AvgIpc) is 3.06. The van der Waals surface area contributed by atoms with Crippen LogP contribution in [0.4, 0.5) is 0 Å². The maximum Gasteiger partial charge on any atom is 0.226 e. The molecule has 1 aliphatic heterocycles. The molecule has 1 fully saturated rings. The number of rotatable bonds is 4. The van der Waals surface area contributed by atoms with Crippen molar-refractivity contribution in [2.24, 2.45) is 0 Å². The van der Waals surface area contributed by atoms with E-state index in [9.17, 15) is 4.79 Å². The average molecular weight is 313 g/mol. The highest BCUT2D eigenvalue weighted by Crippen LogP contribution is 2.28. The van der Waals surface area contributed by atoms with Gasteiger partial charge in [0.25, 0.3) is 0 Å². The van der Waals surface area contributed by atoms with Crippen molar-refractivity contribution in [1.82, 2.24) is 15.1 Å². The zero-order valence-corrected chi connectivity index (χ0v) is 13.7. The van der Waals surface area contributed by atoms with E-state index in [0.29, 0.717) is 12.3 Å². The standard InChI is InChI=1S/C18H23N3O2/c1-13(2)17-19-20-18(23-17)15-8-10-21(11-9-15)16(22)12-14-6-4-3-5-7-14/h3-7,13,15H,8-12H2,1-2H3. The molecule has 0 spiro atoms. The van der Waals surface area contributed by atoms with E-state index < -0.39 is 0 Å². The zero-order valence-electron chi connectivity index (χ0n) is 13.7. The SMILES string of the molecule is CC(C)c1nnc(C2CCN(C(=O)Cc3ccccc3)CC2)o1. The van der Waals surface area contributed by atoms with E-state index in [4.69, 9.17) is 4.42 Å². The van der Waals surface area contributed by atoms with Crippen LogP contribution in [0.3, 0.4) is 0 Å². The molecule has 0 unspecified atom stereocenters. The normalized spacial score (nSPS) is 16.0. The second-order valence-electron chi connectivity index (χ2n) is 6.45. The first kappa shape index (κ1) is 15.7. The van der Waals surface area contributed by atoms with Crippen LogP contribution in [0.2, 0.25) is 0 Å². The van der Waals surface area contributed by atoms with E-state index >= 15 is 0 Å². The molecule has 3 rings (SSSR count). The van der Waals surface area contributed by atoms with Gasteiger partial charge in [0.15, 0.2) is 0 Å². The lowest BCUT2D eigenvalue weighted by atomic mass is 9.96. The first-order valence-corrected chi connectivity index (χ1v) is 8.28. The van der Waals surface area contributed by atoms with Crippen molar-refractivity contribution in [2.75, 3.05) is 13.1 Å². The Bertz CT molecular complexity index is 643. The summed E-state index contributed by atoms with van der Waals surface area (Å²) in [6.45, 7) is 5.61. The largest absolute Gasteiger partial charge is 0.425 e. The summed E-state index contributed by atoms with van der Waals surface area (Å²) in [6.07, 6.45) is 2.25. The molecule has 0 saturated carbocycles. The highest BCUT2D eigenvalue weighted by Gasteiger charge is 2.27. The number of benzene rings is 1. The van der Waals surface area contributed by atoms with Gasteiger partial charge in [-0.05, 0) is 18.4 Å². The van der Waals surface area contributed by atoms with Crippen LogP contribution in [0, 0.1) is 0 Å². The third-order valence-corrected chi connectivity index (χ3v) is 4.35. The molecule has 0 radical (unpaired) electrons. The van der Waals surface area contributed by atoms with Crippen LogP contribution in [0.1, 0.15) is 55.9 Å². The minimum absolute atomic E-state index is 0.197. The predicted molar refractivity (Wildman–Crippen MR) is 87.1 cm³/mol. The fraction of sp³-hybridized carbons (Fsp3) is 0.500. The summed E-state index contributed by atoms with van der Waals surface area (Å²) < 4.78 is 5.75. The molecule has 5 nitrogen and oxygen atoms in total. The summed E-state index contributed by atoms with van der Waals surface area (Å²) in [5.74, 6) is 2.15. The molecule has 1 amide bonds. The van der Waals surface area contributed by atoms with E-state index in [1.54, 1.807) is 0 Å². The van der Waals surface area contributed by atoms with Gasteiger partial charge in [0.2, 0.25) is 17.7 Å². The lowest BCUT2D eigenvalue weighted by Gasteiger charge is -2.30. The molecule has 0 bridgehead atoms. The van der Waals surface area contributed by atoms with Crippen molar-refractivity contribution in [2.45, 2.75) is 44.9 Å². The number of hydrogen-bond donors (Lipinski definition) is 0. The first-order chi connectivity index (χ1) is 11.1. The van der Waals surface area contributed by atoms with Crippen molar-refractivity contribution < 1.29 is 9.21 Å². The molecule has 1 aromatic carbocycles. The number of carbonyl (C=O) groups excluding carboxylic acids is 1. The first-order valence-electron chi connectivity index (χ1n) is 8.28. The molecule has 0 atom stereocenters. The van der Waals surface area contributed by atoms with Gasteiger partial charge in [0.1, 0.15) is 0 Å². The minimum Gasteiger partial charge on any atom is -0.425 e. The van der Waals surface area contributed by atoms with E-state index in [2.05, 4.69) is 10.2 Å². The molecule has 0 aliphatic carbocycles. The Kier molecular flexibility index (Phi) is 4.74. The summed E-state index contributed by atoms with van der Waals surface area (Å²) in [5.41, 5.74) is 1.07. The lowest BCUT2D eigenvalue weighted by Crippen LogP contribution is -2.38. The summed E-state index contributed by atoms with van der Waals surface area (Å²) in [7, 11) is 0. The van der Waals surface area contributed by atoms with Crippen molar-refractivity contribution in [3.05, 3.63) is 47.7 Å². The number of nitrogens with zero attached hydrogens (tertiary/aromatic N) is 3. The van der Waals surface area contributed by atoms with E-state index in [1.165, 1.54) is 0 Å². The second kappa shape index (κ2) is 6.94. The van der Waals surface area contributed by atoms with Crippen molar-refractivity contribution >= 4 is 5.91 Å².